The van der Waals surface area contributed by atoms with Crippen LogP contribution in [-0.4, -0.2) is 0 Å². The van der Waals surface area contributed by atoms with Crippen LogP contribution < -0.4 is 0 Å². The molecule has 0 amide bonds. The van der Waals surface area contributed by atoms with Crippen molar-refractivity contribution >= 4 is 15.9 Å². The zero-order chi connectivity index (χ0) is 13.9. The minimum atomic E-state index is 1.05. The molecule has 0 unspecified atom stereocenters. The Morgan fingerprint density at radius 3 is 2.89 bits per heavy atom. The highest BCUT2D eigenvalue weighted by Gasteiger charge is 1.97. The molecule has 0 heterocycles. The van der Waals surface area contributed by atoms with Crippen molar-refractivity contribution in [3.05, 3.63) is 58.2 Å². The van der Waals surface area contributed by atoms with Crippen LogP contribution in [0.2, 0.25) is 0 Å². The molecule has 0 aliphatic heterocycles. The lowest BCUT2D eigenvalue weighted by atomic mass is 10.0. The zero-order valence-electron chi connectivity index (χ0n) is 12.2. The van der Waals surface area contributed by atoms with Gasteiger partial charge in [0.25, 0.3) is 0 Å². The zero-order valence-corrected chi connectivity index (χ0v) is 13.7. The van der Waals surface area contributed by atoms with Gasteiger partial charge in [-0.3, -0.25) is 0 Å². The van der Waals surface area contributed by atoms with Crippen LogP contribution in [-0.2, 0) is 0 Å². The lowest BCUT2D eigenvalue weighted by molar-refractivity contribution is 0.718. The average molecular weight is 321 g/mol. The van der Waals surface area contributed by atoms with Gasteiger partial charge in [-0.2, -0.15) is 0 Å². The third-order valence-corrected chi connectivity index (χ3v) is 3.82. The highest BCUT2D eigenvalue weighted by Crippen LogP contribution is 2.18. The van der Waals surface area contributed by atoms with Crippen molar-refractivity contribution in [3.8, 4) is 0 Å². The smallest absolute Gasteiger partial charge is 0.0172 e. The maximum Gasteiger partial charge on any atom is 0.0172 e. The van der Waals surface area contributed by atoms with Gasteiger partial charge >= 0.3 is 0 Å². The summed E-state index contributed by atoms with van der Waals surface area (Å²) in [6.45, 7) is 4.39. The molecule has 0 aromatic rings. The van der Waals surface area contributed by atoms with Gasteiger partial charge in [-0.15, -0.1) is 0 Å². The van der Waals surface area contributed by atoms with Crippen LogP contribution >= 0.6 is 15.9 Å². The van der Waals surface area contributed by atoms with Crippen molar-refractivity contribution in [2.75, 3.05) is 0 Å². The van der Waals surface area contributed by atoms with Crippen LogP contribution in [0.3, 0.4) is 0 Å². The molecule has 0 spiro atoms. The molecule has 0 saturated carbocycles. The molecule has 1 aliphatic rings. The first-order chi connectivity index (χ1) is 9.26. The molecular weight excluding hydrogens is 296 g/mol. The lowest BCUT2D eigenvalue weighted by Gasteiger charge is -2.02. The number of rotatable bonds is 7. The molecule has 104 valence electrons. The van der Waals surface area contributed by atoms with E-state index in [1.54, 1.807) is 0 Å². The molecule has 0 saturated heterocycles. The topological polar surface area (TPSA) is 0 Å². The first-order valence-electron chi connectivity index (χ1n) is 7.29. The standard InChI is InChI=1S/C18H25Br/c1-3-5-6-9-16(4-2)10-7-11-17-12-8-13-18(19)15-14-17/h4,7-8,10,13-15H,3,5-6,9,11-12H2,1-2H3/b10-7-,16-4-. The van der Waals surface area contributed by atoms with Crippen molar-refractivity contribution in [3.63, 3.8) is 0 Å². The maximum atomic E-state index is 3.51. The molecule has 0 aromatic carbocycles. The largest absolute Gasteiger partial charge is 0.0845 e. The fourth-order valence-corrected chi connectivity index (χ4v) is 2.38. The minimum Gasteiger partial charge on any atom is -0.0845 e. The SMILES string of the molecule is C/C=C(\C=C/CC1=CC=C(Br)C=CC1)CCCCC. The number of halogens is 1. The number of allylic oxidation sites excluding steroid dienone is 10. The number of hydrogen-bond acceptors (Lipinski definition) is 0. The molecule has 1 aliphatic carbocycles. The summed E-state index contributed by atoms with van der Waals surface area (Å²) in [7, 11) is 0. The van der Waals surface area contributed by atoms with Crippen LogP contribution in [0.15, 0.2) is 58.2 Å². The Bertz CT molecular complexity index is 405. The summed E-state index contributed by atoms with van der Waals surface area (Å²) >= 11 is 3.51. The second-order valence-electron chi connectivity index (χ2n) is 4.91. The second kappa shape index (κ2) is 10.0. The van der Waals surface area contributed by atoms with Gasteiger partial charge in [0, 0.05) is 4.48 Å². The molecule has 0 N–H and O–H groups in total. The maximum absolute atomic E-state index is 3.51. The molecular formula is C18H25Br. The fourth-order valence-electron chi connectivity index (χ4n) is 2.06. The lowest BCUT2D eigenvalue weighted by Crippen LogP contribution is -1.82. The van der Waals surface area contributed by atoms with Gasteiger partial charge in [0.1, 0.15) is 0 Å². The van der Waals surface area contributed by atoms with E-state index < -0.39 is 0 Å². The van der Waals surface area contributed by atoms with Gasteiger partial charge in [-0.25, -0.2) is 0 Å². The third-order valence-electron chi connectivity index (χ3n) is 3.29. The summed E-state index contributed by atoms with van der Waals surface area (Å²) in [4.78, 5) is 0. The molecule has 0 atom stereocenters. The van der Waals surface area contributed by atoms with E-state index in [1.165, 1.54) is 36.8 Å². The summed E-state index contributed by atoms with van der Waals surface area (Å²) < 4.78 is 1.15. The van der Waals surface area contributed by atoms with E-state index in [9.17, 15) is 0 Å². The molecule has 1 heteroatoms. The molecule has 19 heavy (non-hydrogen) atoms. The second-order valence-corrected chi connectivity index (χ2v) is 5.83. The van der Waals surface area contributed by atoms with Crippen LogP contribution in [0.5, 0.6) is 0 Å². The summed E-state index contributed by atoms with van der Waals surface area (Å²) in [6.07, 6.45) is 22.8. The van der Waals surface area contributed by atoms with Crippen molar-refractivity contribution in [2.24, 2.45) is 0 Å². The quantitative estimate of drug-likeness (QED) is 0.365. The van der Waals surface area contributed by atoms with E-state index in [2.05, 4.69) is 72.3 Å². The Labute approximate surface area is 126 Å². The average Bonchev–Trinajstić information content (AvgIpc) is 2.62. The summed E-state index contributed by atoms with van der Waals surface area (Å²) in [5, 5.41) is 0. The Hall–Kier alpha value is -0.820. The van der Waals surface area contributed by atoms with Crippen LogP contribution in [0.25, 0.3) is 0 Å². The Kier molecular flexibility index (Phi) is 8.57. The molecule has 1 rings (SSSR count). The molecule has 0 nitrogen and oxygen atoms in total. The predicted octanol–water partition coefficient (Wildman–Crippen LogP) is 6.62. The van der Waals surface area contributed by atoms with Crippen molar-refractivity contribution in [1.29, 1.82) is 0 Å². The molecule has 0 radical (unpaired) electrons. The van der Waals surface area contributed by atoms with Crippen LogP contribution in [0, 0.1) is 0 Å². The monoisotopic (exact) mass is 320 g/mol. The Balaban J connectivity index is 2.42. The van der Waals surface area contributed by atoms with E-state index >= 15 is 0 Å². The van der Waals surface area contributed by atoms with Gasteiger partial charge in [-0.1, -0.05) is 83.3 Å². The summed E-state index contributed by atoms with van der Waals surface area (Å²) in [5.41, 5.74) is 2.93. The molecule has 0 fully saturated rings. The first kappa shape index (κ1) is 16.2. The van der Waals surface area contributed by atoms with Crippen LogP contribution in [0.1, 0.15) is 52.4 Å². The summed E-state index contributed by atoms with van der Waals surface area (Å²) in [5.74, 6) is 0. The van der Waals surface area contributed by atoms with E-state index in [0.717, 1.165) is 17.3 Å². The van der Waals surface area contributed by atoms with E-state index in [1.807, 2.05) is 0 Å². The fraction of sp³-hybridized carbons (Fsp3) is 0.444. The van der Waals surface area contributed by atoms with E-state index in [-0.39, 0.29) is 0 Å². The van der Waals surface area contributed by atoms with Crippen molar-refractivity contribution < 1.29 is 0 Å². The number of hydrogen-bond donors (Lipinski definition) is 0. The van der Waals surface area contributed by atoms with Gasteiger partial charge in [0.2, 0.25) is 0 Å². The summed E-state index contributed by atoms with van der Waals surface area (Å²) in [6, 6.07) is 0. The van der Waals surface area contributed by atoms with Gasteiger partial charge in [0.15, 0.2) is 0 Å². The molecule has 0 aromatic heterocycles. The predicted molar refractivity (Wildman–Crippen MR) is 90.5 cm³/mol. The third kappa shape index (κ3) is 7.37. The Morgan fingerprint density at radius 2 is 2.16 bits per heavy atom. The van der Waals surface area contributed by atoms with Gasteiger partial charge in [0.05, 0.1) is 0 Å². The van der Waals surface area contributed by atoms with Crippen molar-refractivity contribution in [2.45, 2.75) is 52.4 Å². The van der Waals surface area contributed by atoms with Gasteiger partial charge < -0.3 is 0 Å². The normalized spacial score (nSPS) is 16.5. The highest BCUT2D eigenvalue weighted by molar-refractivity contribution is 9.11. The highest BCUT2D eigenvalue weighted by atomic mass is 79.9. The minimum absolute atomic E-state index is 1.05. The Morgan fingerprint density at radius 1 is 1.32 bits per heavy atom. The number of unbranched alkanes of at least 4 members (excludes halogenated alkanes) is 2. The first-order valence-corrected chi connectivity index (χ1v) is 8.09. The van der Waals surface area contributed by atoms with Crippen molar-refractivity contribution in [1.82, 2.24) is 0 Å². The van der Waals surface area contributed by atoms with Crippen LogP contribution in [0.4, 0.5) is 0 Å². The molecule has 0 bridgehead atoms. The van der Waals surface area contributed by atoms with E-state index in [0.29, 0.717) is 0 Å². The van der Waals surface area contributed by atoms with Gasteiger partial charge in [-0.05, 0) is 38.7 Å². The van der Waals surface area contributed by atoms with E-state index in [4.69, 9.17) is 0 Å².